The third-order valence-corrected chi connectivity index (χ3v) is 5.34. The van der Waals surface area contributed by atoms with E-state index in [1.165, 1.54) is 0 Å². The van der Waals surface area contributed by atoms with Crippen LogP contribution in [0, 0.1) is 13.8 Å². The maximum atomic E-state index is 12.5. The molecule has 0 aliphatic carbocycles. The van der Waals surface area contributed by atoms with Crippen LogP contribution >= 0.6 is 15.9 Å². The zero-order valence-electron chi connectivity index (χ0n) is 12.3. The summed E-state index contributed by atoms with van der Waals surface area (Å²) in [5.41, 5.74) is 3.62. The van der Waals surface area contributed by atoms with Crippen LogP contribution in [-0.4, -0.2) is 8.42 Å². The monoisotopic (exact) mass is 367 g/mol. The van der Waals surface area contributed by atoms with Crippen LogP contribution in [0.15, 0.2) is 45.8 Å². The Labute approximate surface area is 134 Å². The Morgan fingerprint density at radius 1 is 1.05 bits per heavy atom. The third-order valence-electron chi connectivity index (χ3n) is 3.48. The lowest BCUT2D eigenvalue weighted by atomic mass is 10.1. The van der Waals surface area contributed by atoms with Gasteiger partial charge >= 0.3 is 0 Å². The Balaban J connectivity index is 2.39. The molecule has 2 rings (SSSR count). The minimum atomic E-state index is -3.56. The van der Waals surface area contributed by atoms with Crippen LogP contribution in [0.3, 0.4) is 0 Å². The number of rotatable bonds is 4. The van der Waals surface area contributed by atoms with E-state index in [0.717, 1.165) is 27.6 Å². The molecule has 112 valence electrons. The molecular weight excluding hydrogens is 350 g/mol. The van der Waals surface area contributed by atoms with Crippen LogP contribution in [-0.2, 0) is 16.4 Å². The minimum Gasteiger partial charge on any atom is -0.279 e. The molecular formula is C16H18BrNO2S. The highest BCUT2D eigenvalue weighted by molar-refractivity contribution is 9.10. The van der Waals surface area contributed by atoms with Gasteiger partial charge in [0.25, 0.3) is 10.0 Å². The molecule has 0 radical (unpaired) electrons. The number of hydrogen-bond donors (Lipinski definition) is 1. The highest BCUT2D eigenvalue weighted by Gasteiger charge is 2.16. The van der Waals surface area contributed by atoms with Crippen molar-refractivity contribution in [3.63, 3.8) is 0 Å². The first-order valence-corrected chi connectivity index (χ1v) is 8.99. The first kappa shape index (κ1) is 16.0. The van der Waals surface area contributed by atoms with Gasteiger partial charge in [-0.15, -0.1) is 0 Å². The fourth-order valence-electron chi connectivity index (χ4n) is 2.04. The summed E-state index contributed by atoms with van der Waals surface area (Å²) in [4.78, 5) is 0.288. The Hall–Kier alpha value is -1.33. The largest absolute Gasteiger partial charge is 0.279 e. The predicted octanol–water partition coefficient (Wildman–Crippen LogP) is 4.43. The summed E-state index contributed by atoms with van der Waals surface area (Å²) >= 11 is 3.40. The van der Waals surface area contributed by atoms with Crippen molar-refractivity contribution in [2.24, 2.45) is 0 Å². The SMILES string of the molecule is CCc1cc(Br)ccc1NS(=O)(=O)c1ccc(C)c(C)c1. The molecule has 0 saturated carbocycles. The van der Waals surface area contributed by atoms with Crippen LogP contribution in [0.2, 0.25) is 0 Å². The van der Waals surface area contributed by atoms with Crippen LogP contribution in [0.1, 0.15) is 23.6 Å². The molecule has 0 aliphatic rings. The molecule has 0 spiro atoms. The lowest BCUT2D eigenvalue weighted by molar-refractivity contribution is 0.601. The van der Waals surface area contributed by atoms with Gasteiger partial charge in [-0.05, 0) is 67.3 Å². The van der Waals surface area contributed by atoms with E-state index in [2.05, 4.69) is 20.7 Å². The average molecular weight is 368 g/mol. The van der Waals surface area contributed by atoms with E-state index >= 15 is 0 Å². The number of aryl methyl sites for hydroxylation is 3. The second-order valence-electron chi connectivity index (χ2n) is 5.01. The number of nitrogens with one attached hydrogen (secondary N) is 1. The van der Waals surface area contributed by atoms with E-state index in [1.807, 2.05) is 39.0 Å². The molecule has 0 fully saturated rings. The van der Waals surface area contributed by atoms with Gasteiger partial charge in [-0.3, -0.25) is 4.72 Å². The van der Waals surface area contributed by atoms with Crippen molar-refractivity contribution >= 4 is 31.6 Å². The third kappa shape index (κ3) is 3.66. The smallest absolute Gasteiger partial charge is 0.261 e. The molecule has 0 atom stereocenters. The quantitative estimate of drug-likeness (QED) is 0.868. The highest BCUT2D eigenvalue weighted by atomic mass is 79.9. The maximum absolute atomic E-state index is 12.5. The molecule has 0 saturated heterocycles. The van der Waals surface area contributed by atoms with E-state index in [9.17, 15) is 8.42 Å². The van der Waals surface area contributed by atoms with Crippen molar-refractivity contribution in [1.29, 1.82) is 0 Å². The zero-order chi connectivity index (χ0) is 15.6. The summed E-state index contributed by atoms with van der Waals surface area (Å²) in [6, 6.07) is 10.7. The fourth-order valence-corrected chi connectivity index (χ4v) is 3.63. The standard InChI is InChI=1S/C16H18BrNO2S/c1-4-13-10-14(17)6-8-16(13)18-21(19,20)15-7-5-11(2)12(3)9-15/h5-10,18H,4H2,1-3H3. The molecule has 0 aliphatic heterocycles. The Morgan fingerprint density at radius 3 is 2.38 bits per heavy atom. The van der Waals surface area contributed by atoms with Crippen molar-refractivity contribution in [3.05, 3.63) is 57.6 Å². The zero-order valence-corrected chi connectivity index (χ0v) is 14.7. The second kappa shape index (κ2) is 6.20. The van der Waals surface area contributed by atoms with Crippen LogP contribution in [0.25, 0.3) is 0 Å². The van der Waals surface area contributed by atoms with Gasteiger partial charge in [-0.2, -0.15) is 0 Å². The van der Waals surface area contributed by atoms with Crippen LogP contribution < -0.4 is 4.72 Å². The molecule has 0 unspecified atom stereocenters. The number of sulfonamides is 1. The number of benzene rings is 2. The Bertz CT molecular complexity index is 770. The molecule has 0 bridgehead atoms. The first-order chi connectivity index (χ1) is 9.83. The lowest BCUT2D eigenvalue weighted by Crippen LogP contribution is -2.14. The molecule has 2 aromatic rings. The highest BCUT2D eigenvalue weighted by Crippen LogP contribution is 2.25. The topological polar surface area (TPSA) is 46.2 Å². The number of anilines is 1. The summed E-state index contributed by atoms with van der Waals surface area (Å²) in [5.74, 6) is 0. The van der Waals surface area contributed by atoms with Gasteiger partial charge < -0.3 is 0 Å². The second-order valence-corrected chi connectivity index (χ2v) is 7.60. The summed E-state index contributed by atoms with van der Waals surface area (Å²) in [7, 11) is -3.56. The normalized spacial score (nSPS) is 11.4. The molecule has 0 heterocycles. The van der Waals surface area contributed by atoms with Crippen molar-refractivity contribution in [3.8, 4) is 0 Å². The summed E-state index contributed by atoms with van der Waals surface area (Å²) in [5, 5.41) is 0. The molecule has 21 heavy (non-hydrogen) atoms. The predicted molar refractivity (Wildman–Crippen MR) is 90.2 cm³/mol. The fraction of sp³-hybridized carbons (Fsp3) is 0.250. The van der Waals surface area contributed by atoms with Crippen LogP contribution in [0.4, 0.5) is 5.69 Å². The van der Waals surface area contributed by atoms with Crippen LogP contribution in [0.5, 0.6) is 0 Å². The number of halogens is 1. The summed E-state index contributed by atoms with van der Waals surface area (Å²) in [6.45, 7) is 5.87. The Morgan fingerprint density at radius 2 is 1.76 bits per heavy atom. The van der Waals surface area contributed by atoms with Gasteiger partial charge in [0.15, 0.2) is 0 Å². The van der Waals surface area contributed by atoms with Crippen molar-refractivity contribution < 1.29 is 8.42 Å². The molecule has 2 aromatic carbocycles. The van der Waals surface area contributed by atoms with Crippen molar-refractivity contribution in [1.82, 2.24) is 0 Å². The van der Waals surface area contributed by atoms with E-state index in [-0.39, 0.29) is 4.90 Å². The van der Waals surface area contributed by atoms with Gasteiger partial charge in [0.05, 0.1) is 10.6 Å². The first-order valence-electron chi connectivity index (χ1n) is 6.72. The van der Waals surface area contributed by atoms with Gasteiger partial charge in [0.1, 0.15) is 0 Å². The molecule has 0 aromatic heterocycles. The van der Waals surface area contributed by atoms with E-state index in [1.54, 1.807) is 18.2 Å². The average Bonchev–Trinajstić information content (AvgIpc) is 2.43. The van der Waals surface area contributed by atoms with Gasteiger partial charge in [0, 0.05) is 4.47 Å². The minimum absolute atomic E-state index is 0.288. The van der Waals surface area contributed by atoms with E-state index in [4.69, 9.17) is 0 Å². The maximum Gasteiger partial charge on any atom is 0.261 e. The summed E-state index contributed by atoms with van der Waals surface area (Å²) < 4.78 is 28.6. The Kier molecular flexibility index (Phi) is 4.74. The van der Waals surface area contributed by atoms with Crippen molar-refractivity contribution in [2.45, 2.75) is 32.1 Å². The molecule has 5 heteroatoms. The van der Waals surface area contributed by atoms with E-state index < -0.39 is 10.0 Å². The molecule has 1 N–H and O–H groups in total. The van der Waals surface area contributed by atoms with Crippen molar-refractivity contribution in [2.75, 3.05) is 4.72 Å². The number of hydrogen-bond acceptors (Lipinski definition) is 2. The van der Waals surface area contributed by atoms with Gasteiger partial charge in [-0.25, -0.2) is 8.42 Å². The van der Waals surface area contributed by atoms with Gasteiger partial charge in [-0.1, -0.05) is 28.9 Å². The lowest BCUT2D eigenvalue weighted by Gasteiger charge is -2.13. The van der Waals surface area contributed by atoms with Gasteiger partial charge in [0.2, 0.25) is 0 Å². The summed E-state index contributed by atoms with van der Waals surface area (Å²) in [6.07, 6.45) is 0.754. The molecule has 3 nitrogen and oxygen atoms in total. The molecule has 0 amide bonds. The van der Waals surface area contributed by atoms with E-state index in [0.29, 0.717) is 5.69 Å².